The van der Waals surface area contributed by atoms with Crippen molar-refractivity contribution in [1.29, 1.82) is 0 Å². The van der Waals surface area contributed by atoms with Crippen LogP contribution in [-0.4, -0.2) is 105 Å². The van der Waals surface area contributed by atoms with Gasteiger partial charge in [-0.05, 0) is 25.2 Å². The summed E-state index contributed by atoms with van der Waals surface area (Å²) in [5.74, 6) is -5.12. The van der Waals surface area contributed by atoms with Crippen molar-refractivity contribution in [3.05, 3.63) is 89.0 Å². The van der Waals surface area contributed by atoms with Crippen molar-refractivity contribution in [2.45, 2.75) is 0 Å². The number of hydrogen-bond donors (Lipinski definition) is 4. The van der Waals surface area contributed by atoms with Gasteiger partial charge in [-0.2, -0.15) is 0 Å². The molecule has 1 saturated heterocycles. The fourth-order valence-corrected chi connectivity index (χ4v) is 3.31. The number of piperazine rings is 1. The monoisotopic (exact) mass is 586 g/mol. The maximum Gasteiger partial charge on any atom is 0.328 e. The summed E-state index contributed by atoms with van der Waals surface area (Å²) >= 11 is 0. The molecular formula is C27H30N4O11. The Morgan fingerprint density at radius 1 is 0.762 bits per heavy atom. The quantitative estimate of drug-likeness (QED) is 0.188. The molecule has 42 heavy (non-hydrogen) atoms. The van der Waals surface area contributed by atoms with Crippen LogP contribution in [0.2, 0.25) is 0 Å². The van der Waals surface area contributed by atoms with Gasteiger partial charge in [0, 0.05) is 68.3 Å². The topological polar surface area (TPSA) is 219 Å². The molecule has 15 nitrogen and oxygen atoms in total. The molecule has 0 aromatic heterocycles. The fourth-order valence-electron chi connectivity index (χ4n) is 3.31. The van der Waals surface area contributed by atoms with E-state index >= 15 is 0 Å². The van der Waals surface area contributed by atoms with Gasteiger partial charge < -0.3 is 25.3 Å². The molecule has 3 rings (SSSR count). The van der Waals surface area contributed by atoms with Crippen molar-refractivity contribution in [2.24, 2.45) is 0 Å². The summed E-state index contributed by atoms with van der Waals surface area (Å²) in [5.41, 5.74) is 1.17. The molecule has 224 valence electrons. The van der Waals surface area contributed by atoms with E-state index in [0.29, 0.717) is 35.7 Å². The predicted octanol–water partition coefficient (Wildman–Crippen LogP) is 1.93. The van der Waals surface area contributed by atoms with Crippen molar-refractivity contribution in [1.82, 2.24) is 9.80 Å². The molecule has 2 aromatic rings. The van der Waals surface area contributed by atoms with Gasteiger partial charge in [0.1, 0.15) is 0 Å². The number of nitro benzene ring substituents is 1. The maximum atomic E-state index is 13.1. The molecule has 0 unspecified atom stereocenters. The van der Waals surface area contributed by atoms with Gasteiger partial charge in [0.2, 0.25) is 5.91 Å². The molecule has 1 aliphatic heterocycles. The normalized spacial score (nSPS) is 13.3. The standard InChI is InChI=1S/C19H22N4O3.2C4H4O4/c1-20-10-12-21(13-11-20)15-19(24)22(16-6-3-2-4-7-16)17-8-5-9-18(14-17)23(25)26;2*5-3(6)1-2-4(7)8/h2-9,14H,10-13,15H2,1H3;2*1-2H,(H,5,6)(H,7,8). The number of anilines is 2. The Labute approximate surface area is 240 Å². The minimum atomic E-state index is -1.26. The number of non-ortho nitro benzene ring substituents is 1. The lowest BCUT2D eigenvalue weighted by molar-refractivity contribution is -0.384. The molecular weight excluding hydrogens is 556 g/mol. The Balaban J connectivity index is 0.000000454. The van der Waals surface area contributed by atoms with E-state index in [1.165, 1.54) is 12.1 Å². The van der Waals surface area contributed by atoms with Crippen LogP contribution in [0.5, 0.6) is 0 Å². The molecule has 1 heterocycles. The van der Waals surface area contributed by atoms with Crippen LogP contribution in [-0.2, 0) is 24.0 Å². The summed E-state index contributed by atoms with van der Waals surface area (Å²) in [4.78, 5) is 67.9. The van der Waals surface area contributed by atoms with E-state index in [2.05, 4.69) is 16.8 Å². The number of likely N-dealkylation sites (N-methyl/N-ethyl adjacent to an activating group) is 1. The summed E-state index contributed by atoms with van der Waals surface area (Å²) < 4.78 is 0. The second-order valence-electron chi connectivity index (χ2n) is 8.44. The number of amides is 1. The highest BCUT2D eigenvalue weighted by atomic mass is 16.6. The highest BCUT2D eigenvalue weighted by Gasteiger charge is 2.24. The van der Waals surface area contributed by atoms with Crippen LogP contribution in [0.15, 0.2) is 78.9 Å². The maximum absolute atomic E-state index is 13.1. The van der Waals surface area contributed by atoms with Gasteiger partial charge in [0.05, 0.1) is 17.2 Å². The third-order valence-electron chi connectivity index (χ3n) is 5.25. The molecule has 0 atom stereocenters. The van der Waals surface area contributed by atoms with E-state index in [4.69, 9.17) is 20.4 Å². The van der Waals surface area contributed by atoms with E-state index < -0.39 is 28.8 Å². The predicted molar refractivity (Wildman–Crippen MR) is 149 cm³/mol. The minimum Gasteiger partial charge on any atom is -0.478 e. The molecule has 2 aromatic carbocycles. The van der Waals surface area contributed by atoms with Gasteiger partial charge in [0.25, 0.3) is 5.69 Å². The first kappa shape index (κ1) is 34.6. The van der Waals surface area contributed by atoms with E-state index in [-0.39, 0.29) is 18.1 Å². The van der Waals surface area contributed by atoms with Crippen molar-refractivity contribution in [3.63, 3.8) is 0 Å². The van der Waals surface area contributed by atoms with Crippen LogP contribution in [0.3, 0.4) is 0 Å². The number of rotatable bonds is 9. The lowest BCUT2D eigenvalue weighted by Crippen LogP contribution is -2.48. The molecule has 1 fully saturated rings. The van der Waals surface area contributed by atoms with Crippen LogP contribution in [0, 0.1) is 10.1 Å². The number of carboxylic acid groups (broad SMARTS) is 4. The third kappa shape index (κ3) is 14.1. The average molecular weight is 587 g/mol. The molecule has 0 bridgehead atoms. The molecule has 0 saturated carbocycles. The Bertz CT molecular complexity index is 1240. The first-order valence-corrected chi connectivity index (χ1v) is 12.1. The zero-order valence-electron chi connectivity index (χ0n) is 22.5. The third-order valence-corrected chi connectivity index (χ3v) is 5.25. The largest absolute Gasteiger partial charge is 0.478 e. The number of hydrogen-bond acceptors (Lipinski definition) is 9. The number of para-hydroxylation sites is 1. The first-order chi connectivity index (χ1) is 19.8. The Morgan fingerprint density at radius 3 is 1.64 bits per heavy atom. The fraction of sp³-hybridized carbons (Fsp3) is 0.222. The summed E-state index contributed by atoms with van der Waals surface area (Å²) in [6.45, 7) is 3.80. The van der Waals surface area contributed by atoms with Gasteiger partial charge in [-0.1, -0.05) is 24.3 Å². The molecule has 0 spiro atoms. The van der Waals surface area contributed by atoms with Crippen molar-refractivity contribution in [2.75, 3.05) is 44.7 Å². The lowest BCUT2D eigenvalue weighted by atomic mass is 10.2. The van der Waals surface area contributed by atoms with E-state index in [1.807, 2.05) is 30.3 Å². The summed E-state index contributed by atoms with van der Waals surface area (Å²) in [5, 5.41) is 42.4. The van der Waals surface area contributed by atoms with Gasteiger partial charge >= 0.3 is 23.9 Å². The van der Waals surface area contributed by atoms with Crippen LogP contribution < -0.4 is 4.90 Å². The zero-order chi connectivity index (χ0) is 31.7. The van der Waals surface area contributed by atoms with Crippen LogP contribution in [0.4, 0.5) is 17.1 Å². The van der Waals surface area contributed by atoms with E-state index in [0.717, 1.165) is 26.2 Å². The van der Waals surface area contributed by atoms with Crippen molar-refractivity contribution in [3.8, 4) is 0 Å². The van der Waals surface area contributed by atoms with E-state index in [1.54, 1.807) is 17.0 Å². The Kier molecular flexibility index (Phi) is 14.9. The van der Waals surface area contributed by atoms with Crippen molar-refractivity contribution < 1.29 is 49.3 Å². The first-order valence-electron chi connectivity index (χ1n) is 12.1. The molecule has 0 aliphatic carbocycles. The molecule has 1 amide bonds. The smallest absolute Gasteiger partial charge is 0.328 e. The minimum absolute atomic E-state index is 0.0316. The van der Waals surface area contributed by atoms with Gasteiger partial charge in [0.15, 0.2) is 0 Å². The number of carbonyl (C=O) groups excluding carboxylic acids is 1. The summed E-state index contributed by atoms with van der Waals surface area (Å²) in [6.07, 6.45) is 2.23. The highest BCUT2D eigenvalue weighted by Crippen LogP contribution is 2.28. The number of nitrogens with zero attached hydrogens (tertiary/aromatic N) is 4. The van der Waals surface area contributed by atoms with E-state index in [9.17, 15) is 34.1 Å². The number of carbonyl (C=O) groups is 5. The van der Waals surface area contributed by atoms with Crippen LogP contribution in [0.1, 0.15) is 0 Å². The summed E-state index contributed by atoms with van der Waals surface area (Å²) in [6, 6.07) is 15.4. The lowest BCUT2D eigenvalue weighted by Gasteiger charge is -2.33. The van der Waals surface area contributed by atoms with Gasteiger partial charge in [-0.25, -0.2) is 19.2 Å². The molecule has 0 radical (unpaired) electrons. The Morgan fingerprint density at radius 2 is 1.21 bits per heavy atom. The molecule has 15 heteroatoms. The second-order valence-corrected chi connectivity index (χ2v) is 8.44. The average Bonchev–Trinajstić information content (AvgIpc) is 2.93. The zero-order valence-corrected chi connectivity index (χ0v) is 22.5. The number of benzene rings is 2. The molecule has 4 N–H and O–H groups in total. The van der Waals surface area contributed by atoms with Crippen molar-refractivity contribution >= 4 is 46.8 Å². The number of carboxylic acids is 4. The van der Waals surface area contributed by atoms with Crippen LogP contribution in [0.25, 0.3) is 0 Å². The number of nitro groups is 1. The second kappa shape index (κ2) is 18.0. The van der Waals surface area contributed by atoms with Crippen LogP contribution >= 0.6 is 0 Å². The summed E-state index contributed by atoms with van der Waals surface area (Å²) in [7, 11) is 2.07. The molecule has 1 aliphatic rings. The number of aliphatic carboxylic acids is 4. The Hall–Kier alpha value is -5.41. The van der Waals surface area contributed by atoms with Gasteiger partial charge in [-0.3, -0.25) is 24.7 Å². The SMILES string of the molecule is CN1CCN(CC(=O)N(c2ccccc2)c2cccc([N+](=O)[O-])c2)CC1.O=C(O)C=CC(=O)O.O=C(O)C=CC(=O)O. The van der Waals surface area contributed by atoms with Gasteiger partial charge in [-0.15, -0.1) is 0 Å². The highest BCUT2D eigenvalue weighted by molar-refractivity contribution is 6.02.